The van der Waals surface area contributed by atoms with E-state index in [9.17, 15) is 9.59 Å². The topological polar surface area (TPSA) is 57.6 Å². The molecule has 0 spiro atoms. The molecule has 1 aliphatic rings. The van der Waals surface area contributed by atoms with E-state index in [2.05, 4.69) is 6.92 Å². The van der Waals surface area contributed by atoms with Crippen LogP contribution >= 0.6 is 0 Å². The van der Waals surface area contributed by atoms with Crippen LogP contribution in [0.5, 0.6) is 0 Å². The molecule has 0 aliphatic carbocycles. The lowest BCUT2D eigenvalue weighted by Gasteiger charge is -2.15. The number of unbranched alkanes of at least 4 members (excludes halogenated alkanes) is 15. The van der Waals surface area contributed by atoms with Crippen LogP contribution in [-0.4, -0.2) is 35.0 Å². The Morgan fingerprint density at radius 3 is 1.59 bits per heavy atom. The molecule has 0 aromatic heterocycles. The Balaban J connectivity index is 1.78. The van der Waals surface area contributed by atoms with E-state index in [4.69, 9.17) is 5.11 Å². The average molecular weight is 382 g/mol. The van der Waals surface area contributed by atoms with Gasteiger partial charge in [0.2, 0.25) is 5.91 Å². The van der Waals surface area contributed by atoms with Crippen LogP contribution in [0.3, 0.4) is 0 Å². The average Bonchev–Trinajstić information content (AvgIpc) is 3.02. The Bertz CT molecular complexity index is 397. The second-order valence-electron chi connectivity index (χ2n) is 8.38. The van der Waals surface area contributed by atoms with Crippen LogP contribution in [-0.2, 0) is 9.59 Å². The molecule has 0 aromatic rings. The third-order valence-electron chi connectivity index (χ3n) is 5.85. The number of likely N-dealkylation sites (tertiary alicyclic amines) is 1. The van der Waals surface area contributed by atoms with E-state index in [1.165, 1.54) is 89.9 Å². The fourth-order valence-electron chi connectivity index (χ4n) is 4.00. The number of amides is 1. The highest BCUT2D eigenvalue weighted by Crippen LogP contribution is 2.19. The fourth-order valence-corrected chi connectivity index (χ4v) is 4.00. The summed E-state index contributed by atoms with van der Waals surface area (Å²) >= 11 is 0. The fraction of sp³-hybridized carbons (Fsp3) is 0.913. The zero-order chi connectivity index (χ0) is 19.7. The molecule has 1 heterocycles. The third kappa shape index (κ3) is 12.1. The zero-order valence-electron chi connectivity index (χ0n) is 17.7. The molecule has 1 rings (SSSR count). The molecule has 0 saturated carbocycles. The molecule has 0 aromatic carbocycles. The summed E-state index contributed by atoms with van der Waals surface area (Å²) in [6.45, 7) is 3.42. The highest BCUT2D eigenvalue weighted by Gasteiger charge is 2.33. The minimum atomic E-state index is -0.835. The van der Waals surface area contributed by atoms with Crippen molar-refractivity contribution in [2.45, 2.75) is 116 Å². The smallest absolute Gasteiger partial charge is 0.308 e. The van der Waals surface area contributed by atoms with Gasteiger partial charge in [-0.3, -0.25) is 9.59 Å². The zero-order valence-corrected chi connectivity index (χ0v) is 17.7. The van der Waals surface area contributed by atoms with E-state index < -0.39 is 11.9 Å². The molecule has 4 heteroatoms. The first-order chi connectivity index (χ1) is 13.1. The lowest BCUT2D eigenvalue weighted by molar-refractivity contribution is -0.141. The van der Waals surface area contributed by atoms with Gasteiger partial charge in [-0.1, -0.05) is 103 Å². The van der Waals surface area contributed by atoms with Gasteiger partial charge in [0.25, 0.3) is 0 Å². The van der Waals surface area contributed by atoms with Crippen molar-refractivity contribution in [1.29, 1.82) is 0 Å². The summed E-state index contributed by atoms with van der Waals surface area (Å²) in [7, 11) is 0. The van der Waals surface area contributed by atoms with Crippen LogP contribution in [0.2, 0.25) is 0 Å². The first-order valence-electron chi connectivity index (χ1n) is 11.7. The van der Waals surface area contributed by atoms with Gasteiger partial charge in [0.05, 0.1) is 5.92 Å². The molecule has 1 aliphatic heterocycles. The molecule has 0 radical (unpaired) electrons. The Labute approximate surface area is 167 Å². The van der Waals surface area contributed by atoms with Gasteiger partial charge in [-0.25, -0.2) is 0 Å². The summed E-state index contributed by atoms with van der Waals surface area (Å²) in [5, 5.41) is 8.98. The minimum absolute atomic E-state index is 0.0170. The molecule has 27 heavy (non-hydrogen) atoms. The quantitative estimate of drug-likeness (QED) is 0.288. The molecule has 1 saturated heterocycles. The number of aliphatic carboxylic acids is 1. The normalized spacial score (nSPS) is 17.0. The number of nitrogens with zero attached hydrogens (tertiary/aromatic N) is 1. The molecule has 158 valence electrons. The maximum atomic E-state index is 11.7. The molecular formula is C23H43NO3. The van der Waals surface area contributed by atoms with Gasteiger partial charge in [0.15, 0.2) is 0 Å². The van der Waals surface area contributed by atoms with Gasteiger partial charge >= 0.3 is 5.97 Å². The van der Waals surface area contributed by atoms with Crippen LogP contribution in [0.15, 0.2) is 0 Å². The van der Waals surface area contributed by atoms with Gasteiger partial charge in [-0.15, -0.1) is 0 Å². The Morgan fingerprint density at radius 2 is 1.22 bits per heavy atom. The van der Waals surface area contributed by atoms with E-state index in [0.717, 1.165) is 19.4 Å². The summed E-state index contributed by atoms with van der Waals surface area (Å²) in [6, 6.07) is 0. The first-order valence-corrected chi connectivity index (χ1v) is 11.7. The number of carbonyl (C=O) groups excluding carboxylic acids is 1. The van der Waals surface area contributed by atoms with Gasteiger partial charge in [-0.05, 0) is 6.42 Å². The van der Waals surface area contributed by atoms with Crippen LogP contribution in [0.4, 0.5) is 0 Å². The molecular weight excluding hydrogens is 338 g/mol. The van der Waals surface area contributed by atoms with Crippen molar-refractivity contribution in [3.05, 3.63) is 0 Å². The highest BCUT2D eigenvalue weighted by atomic mass is 16.4. The SMILES string of the molecule is CCCCCCCCCCCCCCCCCCN1C[C@@H](C(=O)O)CC1=O. The van der Waals surface area contributed by atoms with Gasteiger partial charge in [0, 0.05) is 19.5 Å². The summed E-state index contributed by atoms with van der Waals surface area (Å²) in [5.74, 6) is -1.31. The molecule has 1 atom stereocenters. The lowest BCUT2D eigenvalue weighted by atomic mass is 10.0. The van der Waals surface area contributed by atoms with E-state index >= 15 is 0 Å². The van der Waals surface area contributed by atoms with E-state index in [0.29, 0.717) is 6.54 Å². The van der Waals surface area contributed by atoms with Crippen LogP contribution in [0.25, 0.3) is 0 Å². The van der Waals surface area contributed by atoms with Gasteiger partial charge in [-0.2, -0.15) is 0 Å². The number of hydrogen-bond donors (Lipinski definition) is 1. The Hall–Kier alpha value is -1.06. The van der Waals surface area contributed by atoms with Gasteiger partial charge in [0.1, 0.15) is 0 Å². The Kier molecular flexibility index (Phi) is 14.2. The Morgan fingerprint density at radius 1 is 0.815 bits per heavy atom. The van der Waals surface area contributed by atoms with Gasteiger partial charge < -0.3 is 10.0 Å². The monoisotopic (exact) mass is 381 g/mol. The minimum Gasteiger partial charge on any atom is -0.481 e. The summed E-state index contributed by atoms with van der Waals surface area (Å²) in [6.07, 6.45) is 21.7. The molecule has 1 N–H and O–H groups in total. The lowest BCUT2D eigenvalue weighted by Crippen LogP contribution is -2.27. The van der Waals surface area contributed by atoms with E-state index in [1.807, 2.05) is 0 Å². The van der Waals surface area contributed by atoms with E-state index in [-0.39, 0.29) is 12.3 Å². The van der Waals surface area contributed by atoms with Crippen molar-refractivity contribution in [3.8, 4) is 0 Å². The molecule has 0 unspecified atom stereocenters. The summed E-state index contributed by atoms with van der Waals surface area (Å²) in [5.41, 5.74) is 0. The number of carboxylic acids is 1. The standard InChI is InChI=1S/C23H43NO3/c1-2-3-4-5-6-7-8-9-10-11-12-13-14-15-16-17-18-24-20-21(23(26)27)19-22(24)25/h21H,2-20H2,1H3,(H,26,27)/t21-/m0/s1. The van der Waals surface area contributed by atoms with Crippen LogP contribution in [0.1, 0.15) is 116 Å². The first kappa shape index (κ1) is 24.0. The third-order valence-corrected chi connectivity index (χ3v) is 5.85. The number of rotatable bonds is 18. The largest absolute Gasteiger partial charge is 0.481 e. The highest BCUT2D eigenvalue weighted by molar-refractivity contribution is 5.86. The maximum Gasteiger partial charge on any atom is 0.308 e. The van der Waals surface area contributed by atoms with Crippen molar-refractivity contribution in [2.75, 3.05) is 13.1 Å². The second-order valence-corrected chi connectivity index (χ2v) is 8.38. The van der Waals surface area contributed by atoms with E-state index in [1.54, 1.807) is 4.90 Å². The predicted octanol–water partition coefficient (Wildman–Crippen LogP) is 6.18. The van der Waals surface area contributed by atoms with Crippen LogP contribution in [0, 0.1) is 5.92 Å². The maximum absolute atomic E-state index is 11.7. The van der Waals surface area contributed by atoms with Crippen molar-refractivity contribution < 1.29 is 14.7 Å². The number of hydrogen-bond acceptors (Lipinski definition) is 2. The van der Waals surface area contributed by atoms with Crippen molar-refractivity contribution >= 4 is 11.9 Å². The van der Waals surface area contributed by atoms with Crippen molar-refractivity contribution in [3.63, 3.8) is 0 Å². The molecule has 4 nitrogen and oxygen atoms in total. The van der Waals surface area contributed by atoms with Crippen LogP contribution < -0.4 is 0 Å². The summed E-state index contributed by atoms with van der Waals surface area (Å²) in [4.78, 5) is 24.4. The number of carboxylic acid groups (broad SMARTS) is 1. The van der Waals surface area contributed by atoms with Crippen molar-refractivity contribution in [1.82, 2.24) is 4.90 Å². The van der Waals surface area contributed by atoms with Crippen molar-refractivity contribution in [2.24, 2.45) is 5.92 Å². The molecule has 1 amide bonds. The second kappa shape index (κ2) is 15.9. The summed E-state index contributed by atoms with van der Waals surface area (Å²) < 4.78 is 0. The molecule has 0 bridgehead atoms. The molecule has 1 fully saturated rings. The number of carbonyl (C=O) groups is 2. The predicted molar refractivity (Wildman–Crippen MR) is 112 cm³/mol.